The molecule has 100 valence electrons. The smallest absolute Gasteiger partial charge is 0.161 e. The molecule has 0 bridgehead atoms. The third-order valence-electron chi connectivity index (χ3n) is 3.61. The van der Waals surface area contributed by atoms with Gasteiger partial charge in [-0.25, -0.2) is 0 Å². The zero-order valence-electron chi connectivity index (χ0n) is 11.4. The molecular formula is C15H23NO2. The molecular weight excluding hydrogens is 226 g/mol. The number of hydrogen-bond donors (Lipinski definition) is 1. The van der Waals surface area contributed by atoms with Gasteiger partial charge in [0.1, 0.15) is 0 Å². The molecule has 0 heterocycles. The van der Waals surface area contributed by atoms with Crippen LogP contribution in [0, 0.1) is 0 Å². The highest BCUT2D eigenvalue weighted by Crippen LogP contribution is 2.39. The highest BCUT2D eigenvalue weighted by Gasteiger charge is 2.31. The lowest BCUT2D eigenvalue weighted by atomic mass is 9.89. The molecule has 1 fully saturated rings. The fraction of sp³-hybridized carbons (Fsp3) is 0.600. The van der Waals surface area contributed by atoms with Crippen molar-refractivity contribution in [2.45, 2.75) is 45.1 Å². The lowest BCUT2D eigenvalue weighted by Gasteiger charge is -2.25. The van der Waals surface area contributed by atoms with Crippen LogP contribution in [-0.4, -0.2) is 13.2 Å². The van der Waals surface area contributed by atoms with Gasteiger partial charge < -0.3 is 15.2 Å². The molecule has 18 heavy (non-hydrogen) atoms. The van der Waals surface area contributed by atoms with E-state index in [1.807, 2.05) is 19.9 Å². The monoisotopic (exact) mass is 249 g/mol. The molecule has 2 N–H and O–H groups in total. The Morgan fingerprint density at radius 1 is 1.06 bits per heavy atom. The van der Waals surface area contributed by atoms with Crippen LogP contribution < -0.4 is 15.2 Å². The van der Waals surface area contributed by atoms with Gasteiger partial charge in [0.15, 0.2) is 11.5 Å². The number of ether oxygens (including phenoxy) is 2. The van der Waals surface area contributed by atoms with E-state index in [0.29, 0.717) is 13.2 Å². The summed E-state index contributed by atoms with van der Waals surface area (Å²) in [7, 11) is 0. The Balaban J connectivity index is 2.29. The molecule has 3 heteroatoms. The summed E-state index contributed by atoms with van der Waals surface area (Å²) in [6, 6.07) is 6.12. The standard InChI is InChI=1S/C15H23NO2/c1-3-17-13-8-7-12(11-14(13)18-4-2)15(16)9-5-6-10-15/h7-8,11H,3-6,9-10,16H2,1-2H3. The highest BCUT2D eigenvalue weighted by atomic mass is 16.5. The van der Waals surface area contributed by atoms with Crippen LogP contribution in [0.15, 0.2) is 18.2 Å². The van der Waals surface area contributed by atoms with Crippen LogP contribution in [0.4, 0.5) is 0 Å². The number of benzene rings is 1. The maximum absolute atomic E-state index is 6.47. The summed E-state index contributed by atoms with van der Waals surface area (Å²) in [5.74, 6) is 1.62. The van der Waals surface area contributed by atoms with Crippen LogP contribution in [0.5, 0.6) is 11.5 Å². The van der Waals surface area contributed by atoms with Crippen molar-refractivity contribution in [3.05, 3.63) is 23.8 Å². The van der Waals surface area contributed by atoms with Crippen molar-refractivity contribution in [2.75, 3.05) is 13.2 Å². The molecule has 0 spiro atoms. The summed E-state index contributed by atoms with van der Waals surface area (Å²) in [5, 5.41) is 0. The Hall–Kier alpha value is -1.22. The Bertz CT molecular complexity index is 397. The third-order valence-corrected chi connectivity index (χ3v) is 3.61. The molecule has 1 aromatic carbocycles. The van der Waals surface area contributed by atoms with Gasteiger partial charge >= 0.3 is 0 Å². The van der Waals surface area contributed by atoms with Crippen molar-refractivity contribution < 1.29 is 9.47 Å². The van der Waals surface area contributed by atoms with Crippen molar-refractivity contribution in [1.29, 1.82) is 0 Å². The van der Waals surface area contributed by atoms with Crippen LogP contribution in [-0.2, 0) is 5.54 Å². The first kappa shape index (κ1) is 13.2. The summed E-state index contributed by atoms with van der Waals surface area (Å²) in [6.07, 6.45) is 4.56. The third kappa shape index (κ3) is 2.61. The summed E-state index contributed by atoms with van der Waals surface area (Å²) >= 11 is 0. The molecule has 0 unspecified atom stereocenters. The fourth-order valence-electron chi connectivity index (χ4n) is 2.66. The van der Waals surface area contributed by atoms with Crippen molar-refractivity contribution in [2.24, 2.45) is 5.73 Å². The van der Waals surface area contributed by atoms with E-state index in [1.54, 1.807) is 0 Å². The van der Waals surface area contributed by atoms with Crippen LogP contribution in [0.2, 0.25) is 0 Å². The normalized spacial score (nSPS) is 17.7. The maximum Gasteiger partial charge on any atom is 0.161 e. The Labute approximate surface area is 109 Å². The van der Waals surface area contributed by atoms with Gasteiger partial charge in [0.05, 0.1) is 13.2 Å². The largest absolute Gasteiger partial charge is 0.490 e. The summed E-state index contributed by atoms with van der Waals surface area (Å²) < 4.78 is 11.2. The zero-order valence-corrected chi connectivity index (χ0v) is 11.4. The lowest BCUT2D eigenvalue weighted by Crippen LogP contribution is -2.33. The van der Waals surface area contributed by atoms with Crippen molar-refractivity contribution in [1.82, 2.24) is 0 Å². The van der Waals surface area contributed by atoms with Crippen molar-refractivity contribution in [3.63, 3.8) is 0 Å². The van der Waals surface area contributed by atoms with E-state index in [2.05, 4.69) is 12.1 Å². The molecule has 0 atom stereocenters. The van der Waals surface area contributed by atoms with Gasteiger partial charge in [-0.2, -0.15) is 0 Å². The molecule has 0 radical (unpaired) electrons. The number of hydrogen-bond acceptors (Lipinski definition) is 3. The second kappa shape index (κ2) is 5.61. The summed E-state index contributed by atoms with van der Waals surface area (Å²) in [5.41, 5.74) is 7.48. The SMILES string of the molecule is CCOc1ccc(C2(N)CCCC2)cc1OCC. The minimum absolute atomic E-state index is 0.170. The van der Waals surface area contributed by atoms with Gasteiger partial charge in [0, 0.05) is 5.54 Å². The molecule has 3 nitrogen and oxygen atoms in total. The quantitative estimate of drug-likeness (QED) is 0.871. The van der Waals surface area contributed by atoms with Crippen LogP contribution in [0.1, 0.15) is 45.1 Å². The molecule has 1 aliphatic carbocycles. The Morgan fingerprint density at radius 2 is 1.67 bits per heavy atom. The van der Waals surface area contributed by atoms with E-state index in [4.69, 9.17) is 15.2 Å². The first-order valence-electron chi connectivity index (χ1n) is 6.88. The first-order chi connectivity index (χ1) is 8.69. The van der Waals surface area contributed by atoms with E-state index >= 15 is 0 Å². The van der Waals surface area contributed by atoms with Gasteiger partial charge in [-0.05, 0) is 44.4 Å². The molecule has 0 amide bonds. The van der Waals surface area contributed by atoms with E-state index in [0.717, 1.165) is 24.3 Å². The second-order valence-corrected chi connectivity index (χ2v) is 4.89. The Morgan fingerprint density at radius 3 is 2.28 bits per heavy atom. The minimum Gasteiger partial charge on any atom is -0.490 e. The van der Waals surface area contributed by atoms with Gasteiger partial charge in [-0.1, -0.05) is 18.9 Å². The predicted molar refractivity (Wildman–Crippen MR) is 73.1 cm³/mol. The molecule has 2 rings (SSSR count). The first-order valence-corrected chi connectivity index (χ1v) is 6.88. The number of nitrogens with two attached hydrogens (primary N) is 1. The van der Waals surface area contributed by atoms with Crippen LogP contribution >= 0.6 is 0 Å². The Kier molecular flexibility index (Phi) is 4.12. The number of rotatable bonds is 5. The summed E-state index contributed by atoms with van der Waals surface area (Å²) in [4.78, 5) is 0. The van der Waals surface area contributed by atoms with Crippen LogP contribution in [0.25, 0.3) is 0 Å². The van der Waals surface area contributed by atoms with Gasteiger partial charge in [0.2, 0.25) is 0 Å². The fourth-order valence-corrected chi connectivity index (χ4v) is 2.66. The highest BCUT2D eigenvalue weighted by molar-refractivity contribution is 5.45. The van der Waals surface area contributed by atoms with E-state index in [9.17, 15) is 0 Å². The zero-order chi connectivity index (χ0) is 13.0. The maximum atomic E-state index is 6.47. The molecule has 0 saturated heterocycles. The molecule has 0 aliphatic heterocycles. The molecule has 1 aliphatic rings. The average Bonchev–Trinajstić information content (AvgIpc) is 2.80. The van der Waals surface area contributed by atoms with Crippen LogP contribution in [0.3, 0.4) is 0 Å². The molecule has 1 aromatic rings. The predicted octanol–water partition coefficient (Wildman–Crippen LogP) is 3.21. The van der Waals surface area contributed by atoms with Gasteiger partial charge in [-0.3, -0.25) is 0 Å². The lowest BCUT2D eigenvalue weighted by molar-refractivity contribution is 0.286. The van der Waals surface area contributed by atoms with E-state index in [-0.39, 0.29) is 5.54 Å². The van der Waals surface area contributed by atoms with Crippen molar-refractivity contribution >= 4 is 0 Å². The second-order valence-electron chi connectivity index (χ2n) is 4.89. The minimum atomic E-state index is -0.170. The van der Waals surface area contributed by atoms with Gasteiger partial charge in [0.25, 0.3) is 0 Å². The molecule has 0 aromatic heterocycles. The van der Waals surface area contributed by atoms with E-state index < -0.39 is 0 Å². The summed E-state index contributed by atoms with van der Waals surface area (Å²) in [6.45, 7) is 5.25. The van der Waals surface area contributed by atoms with Gasteiger partial charge in [-0.15, -0.1) is 0 Å². The average molecular weight is 249 g/mol. The topological polar surface area (TPSA) is 44.5 Å². The van der Waals surface area contributed by atoms with E-state index in [1.165, 1.54) is 18.4 Å². The van der Waals surface area contributed by atoms with Crippen molar-refractivity contribution in [3.8, 4) is 11.5 Å². The molecule has 1 saturated carbocycles.